The number of rotatable bonds is 6. The highest BCUT2D eigenvalue weighted by Gasteiger charge is 2.19. The van der Waals surface area contributed by atoms with E-state index in [-0.39, 0.29) is 0 Å². The lowest BCUT2D eigenvalue weighted by atomic mass is 10.1. The molecule has 0 bridgehead atoms. The Morgan fingerprint density at radius 2 is 2.00 bits per heavy atom. The van der Waals surface area contributed by atoms with Gasteiger partial charge in [0.1, 0.15) is 0 Å². The van der Waals surface area contributed by atoms with Crippen LogP contribution < -0.4 is 0 Å². The van der Waals surface area contributed by atoms with Gasteiger partial charge in [0.2, 0.25) is 0 Å². The van der Waals surface area contributed by atoms with Gasteiger partial charge in [-0.2, -0.15) is 0 Å². The van der Waals surface area contributed by atoms with E-state index >= 15 is 0 Å². The molecule has 10 heavy (non-hydrogen) atoms. The van der Waals surface area contributed by atoms with Crippen molar-refractivity contribution in [2.45, 2.75) is 44.9 Å². The molecule has 1 heteroatoms. The van der Waals surface area contributed by atoms with Crippen LogP contribution in [0.2, 0.25) is 0 Å². The smallest absolute Gasteiger partial charge is 0.198 e. The molecule has 0 N–H and O–H groups in total. The fraction of sp³-hybridized carbons (Fsp3) is 0.889. The van der Waals surface area contributed by atoms with Crippen LogP contribution in [-0.2, 0) is 4.79 Å². The van der Waals surface area contributed by atoms with Gasteiger partial charge in [-0.15, -0.1) is 0 Å². The van der Waals surface area contributed by atoms with Crippen molar-refractivity contribution in [1.29, 1.82) is 0 Å². The maximum Gasteiger partial charge on any atom is 0.198 e. The molecule has 0 amide bonds. The van der Waals surface area contributed by atoms with Crippen molar-refractivity contribution < 1.29 is 4.79 Å². The molecular formula is C9H15O. The molecule has 1 radical (unpaired) electrons. The molecule has 0 aromatic rings. The molecule has 1 aliphatic carbocycles. The van der Waals surface area contributed by atoms with Crippen LogP contribution >= 0.6 is 0 Å². The van der Waals surface area contributed by atoms with E-state index in [4.69, 9.17) is 0 Å². The van der Waals surface area contributed by atoms with Crippen LogP contribution in [0, 0.1) is 5.92 Å². The number of hydrogen-bond donors (Lipinski definition) is 0. The molecule has 1 aliphatic rings. The molecule has 0 unspecified atom stereocenters. The zero-order chi connectivity index (χ0) is 7.23. The van der Waals surface area contributed by atoms with Gasteiger partial charge in [0.25, 0.3) is 0 Å². The van der Waals surface area contributed by atoms with Crippen LogP contribution in [0.4, 0.5) is 0 Å². The number of unbranched alkanes of at least 4 members (excludes halogenated alkanes) is 3. The summed E-state index contributed by atoms with van der Waals surface area (Å²) in [6.45, 7) is 0. The highest BCUT2D eigenvalue weighted by atomic mass is 16.1. The summed E-state index contributed by atoms with van der Waals surface area (Å²) in [5, 5.41) is 0. The zero-order valence-corrected chi connectivity index (χ0v) is 6.44. The van der Waals surface area contributed by atoms with Crippen LogP contribution in [-0.4, -0.2) is 6.29 Å². The molecule has 0 heterocycles. The first-order valence-electron chi connectivity index (χ1n) is 4.28. The van der Waals surface area contributed by atoms with Gasteiger partial charge in [0.15, 0.2) is 6.29 Å². The van der Waals surface area contributed by atoms with Crippen molar-refractivity contribution in [3.63, 3.8) is 0 Å². The van der Waals surface area contributed by atoms with E-state index in [1.165, 1.54) is 32.1 Å². The summed E-state index contributed by atoms with van der Waals surface area (Å²) in [6.07, 6.45) is 10.5. The SMILES string of the molecule is O=[C]CCCCCC1CC1. The van der Waals surface area contributed by atoms with E-state index in [1.54, 1.807) is 0 Å². The molecule has 1 nitrogen and oxygen atoms in total. The normalized spacial score (nSPS) is 17.2. The molecule has 1 rings (SSSR count). The van der Waals surface area contributed by atoms with E-state index < -0.39 is 0 Å². The maximum atomic E-state index is 9.79. The first-order valence-corrected chi connectivity index (χ1v) is 4.28. The Labute approximate surface area is 62.8 Å². The highest BCUT2D eigenvalue weighted by Crippen LogP contribution is 2.33. The third-order valence-corrected chi connectivity index (χ3v) is 2.09. The molecule has 1 fully saturated rings. The topological polar surface area (TPSA) is 17.1 Å². The van der Waals surface area contributed by atoms with Gasteiger partial charge >= 0.3 is 0 Å². The third-order valence-electron chi connectivity index (χ3n) is 2.09. The molecule has 1 saturated carbocycles. The Bertz CT molecular complexity index is 94.9. The standard InChI is InChI=1S/C9H15O/c10-8-4-2-1-3-5-9-6-7-9/h9H,1-7H2. The minimum absolute atomic E-state index is 0.644. The third kappa shape index (κ3) is 3.65. The second-order valence-electron chi connectivity index (χ2n) is 3.19. The minimum Gasteiger partial charge on any atom is -0.291 e. The highest BCUT2D eigenvalue weighted by molar-refractivity contribution is 5.50. The fourth-order valence-corrected chi connectivity index (χ4v) is 1.21. The lowest BCUT2D eigenvalue weighted by molar-refractivity contribution is 0.541. The van der Waals surface area contributed by atoms with Gasteiger partial charge < -0.3 is 0 Å². The lowest BCUT2D eigenvalue weighted by Crippen LogP contribution is -1.80. The summed E-state index contributed by atoms with van der Waals surface area (Å²) >= 11 is 0. The van der Waals surface area contributed by atoms with E-state index in [0.29, 0.717) is 6.42 Å². The van der Waals surface area contributed by atoms with Gasteiger partial charge in [-0.1, -0.05) is 32.1 Å². The summed E-state index contributed by atoms with van der Waals surface area (Å²) in [5.74, 6) is 1.06. The van der Waals surface area contributed by atoms with Crippen molar-refractivity contribution in [3.8, 4) is 0 Å². The second-order valence-corrected chi connectivity index (χ2v) is 3.19. The van der Waals surface area contributed by atoms with Crippen LogP contribution in [0.3, 0.4) is 0 Å². The Hall–Kier alpha value is -0.330. The Morgan fingerprint density at radius 3 is 2.60 bits per heavy atom. The van der Waals surface area contributed by atoms with Gasteiger partial charge in [0, 0.05) is 6.42 Å². The van der Waals surface area contributed by atoms with Crippen molar-refractivity contribution in [3.05, 3.63) is 0 Å². The Morgan fingerprint density at radius 1 is 1.20 bits per heavy atom. The number of hydrogen-bond acceptors (Lipinski definition) is 1. The number of carbonyl (C=O) groups excluding carboxylic acids is 1. The van der Waals surface area contributed by atoms with Crippen LogP contribution in [0.15, 0.2) is 0 Å². The molecule has 0 aromatic carbocycles. The van der Waals surface area contributed by atoms with Gasteiger partial charge in [-0.05, 0) is 12.3 Å². The molecular weight excluding hydrogens is 124 g/mol. The predicted octanol–water partition coefficient (Wildman–Crippen LogP) is 2.46. The lowest BCUT2D eigenvalue weighted by Gasteiger charge is -1.94. The van der Waals surface area contributed by atoms with Crippen molar-refractivity contribution in [1.82, 2.24) is 0 Å². The van der Waals surface area contributed by atoms with E-state index in [9.17, 15) is 4.79 Å². The van der Waals surface area contributed by atoms with Gasteiger partial charge in [-0.25, -0.2) is 0 Å². The van der Waals surface area contributed by atoms with Gasteiger partial charge in [-0.3, -0.25) is 4.79 Å². The minimum atomic E-state index is 0.644. The monoisotopic (exact) mass is 139 g/mol. The largest absolute Gasteiger partial charge is 0.291 e. The van der Waals surface area contributed by atoms with E-state index in [0.717, 1.165) is 12.3 Å². The summed E-state index contributed by atoms with van der Waals surface area (Å²) < 4.78 is 0. The second kappa shape index (κ2) is 4.48. The van der Waals surface area contributed by atoms with Crippen molar-refractivity contribution >= 4 is 6.29 Å². The Balaban J connectivity index is 1.72. The molecule has 0 saturated heterocycles. The average molecular weight is 139 g/mol. The zero-order valence-electron chi connectivity index (χ0n) is 6.44. The summed E-state index contributed by atoms with van der Waals surface area (Å²) in [7, 11) is 0. The quantitative estimate of drug-likeness (QED) is 0.516. The van der Waals surface area contributed by atoms with Crippen LogP contribution in [0.25, 0.3) is 0 Å². The van der Waals surface area contributed by atoms with Crippen molar-refractivity contribution in [2.24, 2.45) is 5.92 Å². The maximum absolute atomic E-state index is 9.79. The van der Waals surface area contributed by atoms with E-state index in [2.05, 4.69) is 0 Å². The fourth-order valence-electron chi connectivity index (χ4n) is 1.21. The van der Waals surface area contributed by atoms with Crippen LogP contribution in [0.1, 0.15) is 44.9 Å². The van der Waals surface area contributed by atoms with Crippen molar-refractivity contribution in [2.75, 3.05) is 0 Å². The molecule has 0 aliphatic heterocycles. The first kappa shape index (κ1) is 7.77. The summed E-state index contributed by atoms with van der Waals surface area (Å²) in [5.41, 5.74) is 0. The summed E-state index contributed by atoms with van der Waals surface area (Å²) in [4.78, 5) is 9.79. The molecule has 0 aromatic heterocycles. The first-order chi connectivity index (χ1) is 4.93. The van der Waals surface area contributed by atoms with E-state index in [1.807, 2.05) is 6.29 Å². The molecule has 57 valence electrons. The Kier molecular flexibility index (Phi) is 3.48. The molecule has 0 spiro atoms. The summed E-state index contributed by atoms with van der Waals surface area (Å²) in [6, 6.07) is 0. The van der Waals surface area contributed by atoms with Crippen LogP contribution in [0.5, 0.6) is 0 Å². The van der Waals surface area contributed by atoms with Gasteiger partial charge in [0.05, 0.1) is 0 Å². The molecule has 0 atom stereocenters. The predicted molar refractivity (Wildman–Crippen MR) is 41.5 cm³/mol. The average Bonchev–Trinajstić information content (AvgIpc) is 2.71.